The van der Waals surface area contributed by atoms with Gasteiger partial charge in [-0.05, 0) is 0 Å². The summed E-state index contributed by atoms with van der Waals surface area (Å²) < 4.78 is 1.01. The number of rotatable bonds is 1. The summed E-state index contributed by atoms with van der Waals surface area (Å²) in [5, 5.41) is 0. The molecule has 0 aromatic rings. The van der Waals surface area contributed by atoms with Crippen molar-refractivity contribution in [3.63, 3.8) is 0 Å². The molecule has 0 saturated carbocycles. The van der Waals surface area contributed by atoms with E-state index in [1.807, 2.05) is 0 Å². The summed E-state index contributed by atoms with van der Waals surface area (Å²) in [4.78, 5) is 0. The third kappa shape index (κ3) is 19.2. The van der Waals surface area contributed by atoms with Crippen molar-refractivity contribution in [2.75, 3.05) is 0 Å². The minimum atomic E-state index is 0. The Bertz CT molecular complexity index is 23.7. The van der Waals surface area contributed by atoms with Gasteiger partial charge in [0.25, 0.3) is 0 Å². The second-order valence-electron chi connectivity index (χ2n) is 1.44. The van der Waals surface area contributed by atoms with Crippen molar-refractivity contribution < 1.29 is 24.8 Å². The maximum absolute atomic E-state index is 2.32. The molecule has 0 amide bonds. The Balaban J connectivity index is -0.0000000800. The average Bonchev–Trinajstić information content (AvgIpc) is 1.38. The average molecular weight is 202 g/mol. The molecule has 0 saturated heterocycles. The van der Waals surface area contributed by atoms with Gasteiger partial charge in [0, 0.05) is 0 Å². The van der Waals surface area contributed by atoms with Crippen LogP contribution in [-0.2, 0) is 0 Å². The fourth-order valence-corrected chi connectivity index (χ4v) is 0. The SMILES string of the molecule is [CH3][Ge+2][CH](C)C.[Cl-].[Cl-]. The smallest absolute Gasteiger partial charge is 1.00 e. The van der Waals surface area contributed by atoms with Gasteiger partial charge in [-0.3, -0.25) is 0 Å². The molecule has 7 heavy (non-hydrogen) atoms. The summed E-state index contributed by atoms with van der Waals surface area (Å²) in [5.74, 6) is 2.32. The molecule has 0 nitrogen and oxygen atoms in total. The van der Waals surface area contributed by atoms with Crippen molar-refractivity contribution in [1.29, 1.82) is 0 Å². The summed E-state index contributed by atoms with van der Waals surface area (Å²) in [5.41, 5.74) is 0. The molecule has 0 N–H and O–H groups in total. The van der Waals surface area contributed by atoms with E-state index in [0.29, 0.717) is 15.4 Å². The molecule has 0 aliphatic heterocycles. The minimum Gasteiger partial charge on any atom is -1.00 e. The molecule has 0 radical (unpaired) electrons. The van der Waals surface area contributed by atoms with Gasteiger partial charge in [0.1, 0.15) is 0 Å². The van der Waals surface area contributed by atoms with E-state index in [1.165, 1.54) is 0 Å². The molecule has 0 fully saturated rings. The van der Waals surface area contributed by atoms with Crippen LogP contribution < -0.4 is 24.8 Å². The number of hydrogen-bond acceptors (Lipinski definition) is 0. The summed E-state index contributed by atoms with van der Waals surface area (Å²) in [6.45, 7) is 4.56. The molecule has 0 rings (SSSR count). The monoisotopic (exact) mass is 202 g/mol. The van der Waals surface area contributed by atoms with Gasteiger partial charge < -0.3 is 24.8 Å². The van der Waals surface area contributed by atoms with Gasteiger partial charge >= 0.3 is 39.8 Å². The van der Waals surface area contributed by atoms with E-state index < -0.39 is 0 Å². The van der Waals surface area contributed by atoms with E-state index >= 15 is 0 Å². The standard InChI is InChI=1S/C4H10Ge.2ClH/c1-4(2)5-3;;/h4H,1-3H3;2*1H/q+2;;/p-2. The van der Waals surface area contributed by atoms with Gasteiger partial charge in [0.2, 0.25) is 0 Å². The molecule has 0 bridgehead atoms. The Hall–Kier alpha value is 1.12. The van der Waals surface area contributed by atoms with Crippen molar-refractivity contribution in [2.24, 2.45) is 0 Å². The van der Waals surface area contributed by atoms with Crippen molar-refractivity contribution in [1.82, 2.24) is 0 Å². The third-order valence-corrected chi connectivity index (χ3v) is 3.00. The maximum Gasteiger partial charge on any atom is -1.00 e. The van der Waals surface area contributed by atoms with Gasteiger partial charge in [-0.25, -0.2) is 0 Å². The zero-order valence-electron chi connectivity index (χ0n) is 4.83. The Labute approximate surface area is 64.7 Å². The second kappa shape index (κ2) is 10.2. The first-order chi connectivity index (χ1) is 2.27. The second-order valence-corrected chi connectivity index (χ2v) is 5.08. The third-order valence-electron chi connectivity index (χ3n) is 0.577. The molecular formula is C4H10Cl2Ge. The van der Waals surface area contributed by atoms with Crippen LogP contribution in [0, 0.1) is 0 Å². The Morgan fingerprint density at radius 3 is 1.29 bits per heavy atom. The molecule has 0 spiro atoms. The van der Waals surface area contributed by atoms with Crippen LogP contribution in [0.15, 0.2) is 0 Å². The van der Waals surface area contributed by atoms with E-state index in [4.69, 9.17) is 0 Å². The van der Waals surface area contributed by atoms with Crippen LogP contribution in [0.3, 0.4) is 0 Å². The molecular weight excluding hydrogens is 192 g/mol. The fourth-order valence-electron chi connectivity index (χ4n) is 0. The minimum absolute atomic E-state index is 0. The van der Waals surface area contributed by atoms with Crippen LogP contribution in [0.25, 0.3) is 0 Å². The van der Waals surface area contributed by atoms with Crippen LogP contribution in [0.5, 0.6) is 0 Å². The first kappa shape index (κ1) is 15.7. The van der Waals surface area contributed by atoms with Gasteiger partial charge in [-0.2, -0.15) is 0 Å². The van der Waals surface area contributed by atoms with Crippen LogP contribution in [0.2, 0.25) is 10.5 Å². The van der Waals surface area contributed by atoms with Crippen molar-refractivity contribution in [2.45, 2.75) is 24.4 Å². The van der Waals surface area contributed by atoms with E-state index in [1.54, 1.807) is 0 Å². The van der Waals surface area contributed by atoms with E-state index in [2.05, 4.69) is 19.6 Å². The zero-order valence-corrected chi connectivity index (χ0v) is 8.44. The molecule has 0 aromatic heterocycles. The Morgan fingerprint density at radius 2 is 1.29 bits per heavy atom. The fraction of sp³-hybridized carbons (Fsp3) is 1.00. The first-order valence-electron chi connectivity index (χ1n) is 1.94. The molecule has 0 atom stereocenters. The predicted molar refractivity (Wildman–Crippen MR) is 26.7 cm³/mol. The molecule has 3 heteroatoms. The van der Waals surface area contributed by atoms with Crippen LogP contribution in [-0.4, -0.2) is 15.4 Å². The van der Waals surface area contributed by atoms with Gasteiger partial charge in [0.05, 0.1) is 0 Å². The molecule has 0 aromatic carbocycles. The topological polar surface area (TPSA) is 0 Å². The normalized spacial score (nSPS) is 5.71. The molecule has 0 aliphatic carbocycles. The van der Waals surface area contributed by atoms with Crippen LogP contribution in [0.1, 0.15) is 13.8 Å². The van der Waals surface area contributed by atoms with Crippen LogP contribution in [0.4, 0.5) is 0 Å². The molecule has 0 aliphatic rings. The summed E-state index contributed by atoms with van der Waals surface area (Å²) >= 11 is 0.444. The number of halogens is 2. The largest absolute Gasteiger partial charge is 1.00 e. The van der Waals surface area contributed by atoms with Gasteiger partial charge in [-0.1, -0.05) is 0 Å². The van der Waals surface area contributed by atoms with Crippen LogP contribution >= 0.6 is 0 Å². The summed E-state index contributed by atoms with van der Waals surface area (Å²) in [6.07, 6.45) is 0. The first-order valence-corrected chi connectivity index (χ1v) is 5.25. The van der Waals surface area contributed by atoms with E-state index in [-0.39, 0.29) is 24.8 Å². The maximum atomic E-state index is 2.32. The molecule has 44 valence electrons. The molecule has 0 unspecified atom stereocenters. The van der Waals surface area contributed by atoms with Crippen molar-refractivity contribution in [3.8, 4) is 0 Å². The van der Waals surface area contributed by atoms with Gasteiger partial charge in [-0.15, -0.1) is 0 Å². The Kier molecular flexibility index (Phi) is 22.8. The van der Waals surface area contributed by atoms with E-state index in [9.17, 15) is 0 Å². The van der Waals surface area contributed by atoms with Crippen molar-refractivity contribution >= 4 is 15.4 Å². The molecule has 0 heterocycles. The summed E-state index contributed by atoms with van der Waals surface area (Å²) in [6, 6.07) is 0. The van der Waals surface area contributed by atoms with E-state index in [0.717, 1.165) is 4.75 Å². The zero-order chi connectivity index (χ0) is 4.28. The predicted octanol–water partition coefficient (Wildman–Crippen LogP) is -4.42. The number of hydrogen-bond donors (Lipinski definition) is 0. The van der Waals surface area contributed by atoms with Crippen molar-refractivity contribution in [3.05, 3.63) is 0 Å². The quantitative estimate of drug-likeness (QED) is 0.376. The van der Waals surface area contributed by atoms with Gasteiger partial charge in [0.15, 0.2) is 0 Å². The summed E-state index contributed by atoms with van der Waals surface area (Å²) in [7, 11) is 0. The Morgan fingerprint density at radius 1 is 1.14 bits per heavy atom.